The normalized spacial score (nSPS) is 15.7. The van der Waals surface area contributed by atoms with Gasteiger partial charge in [0.2, 0.25) is 5.75 Å². The molecule has 3 aromatic rings. The van der Waals surface area contributed by atoms with Gasteiger partial charge in [-0.05, 0) is 53.9 Å². The van der Waals surface area contributed by atoms with Crippen LogP contribution in [0.5, 0.6) is 17.2 Å². The van der Waals surface area contributed by atoms with Gasteiger partial charge in [-0.2, -0.15) is 0 Å². The number of para-hydroxylation sites is 1. The Balaban J connectivity index is 1.66. The number of fused-ring (bicyclic) bond motifs is 1. The third kappa shape index (κ3) is 4.59. The summed E-state index contributed by atoms with van der Waals surface area (Å²) in [4.78, 5) is 3.59. The molecule has 0 saturated heterocycles. The van der Waals surface area contributed by atoms with Crippen LogP contribution >= 0.6 is 11.8 Å². The van der Waals surface area contributed by atoms with Gasteiger partial charge in [0, 0.05) is 23.2 Å². The van der Waals surface area contributed by atoms with Crippen molar-refractivity contribution in [3.63, 3.8) is 0 Å². The van der Waals surface area contributed by atoms with Gasteiger partial charge in [-0.3, -0.25) is 0 Å². The summed E-state index contributed by atoms with van der Waals surface area (Å²) in [5.74, 6) is 1.72. The van der Waals surface area contributed by atoms with Crippen molar-refractivity contribution in [1.29, 1.82) is 0 Å². The molecule has 162 valence electrons. The van der Waals surface area contributed by atoms with Gasteiger partial charge in [0.15, 0.2) is 11.5 Å². The quantitative estimate of drug-likeness (QED) is 0.464. The van der Waals surface area contributed by atoms with E-state index in [1.54, 1.807) is 21.3 Å². The average Bonchev–Trinajstić information content (AvgIpc) is 2.99. The fraction of sp³-hybridized carbons (Fsp3) is 0.280. The molecule has 0 bridgehead atoms. The Morgan fingerprint density at radius 3 is 2.26 bits per heavy atom. The van der Waals surface area contributed by atoms with Crippen molar-refractivity contribution in [3.05, 3.63) is 77.6 Å². The second kappa shape index (κ2) is 9.52. The van der Waals surface area contributed by atoms with Crippen LogP contribution < -0.4 is 19.1 Å². The van der Waals surface area contributed by atoms with Gasteiger partial charge >= 0.3 is 0 Å². The van der Waals surface area contributed by atoms with Crippen molar-refractivity contribution in [2.45, 2.75) is 23.1 Å². The van der Waals surface area contributed by atoms with E-state index in [1.807, 2.05) is 36.0 Å². The number of hydrogen-bond acceptors (Lipinski definition) is 5. The standard InChI is InChI=1S/C25H26FNO3S/c1-28-21-14-18(15-22(29-2)25(21)30-3)23-12-13-27(16-17-8-10-19(26)11-9-17)20-6-4-5-7-24(20)31-23/h4-11,14-15,23H,12-13,16H2,1-3H3. The highest BCUT2D eigenvalue weighted by molar-refractivity contribution is 7.99. The highest BCUT2D eigenvalue weighted by Gasteiger charge is 2.25. The molecule has 0 saturated carbocycles. The van der Waals surface area contributed by atoms with Crippen LogP contribution in [0.4, 0.5) is 10.1 Å². The first kappa shape index (κ1) is 21.4. The lowest BCUT2D eigenvalue weighted by molar-refractivity contribution is 0.323. The van der Waals surface area contributed by atoms with Gasteiger partial charge in [0.1, 0.15) is 5.82 Å². The number of thioether (sulfide) groups is 1. The van der Waals surface area contributed by atoms with Crippen LogP contribution in [-0.4, -0.2) is 27.9 Å². The highest BCUT2D eigenvalue weighted by atomic mass is 32.2. The van der Waals surface area contributed by atoms with E-state index >= 15 is 0 Å². The number of methoxy groups -OCH3 is 3. The second-order valence-corrected chi connectivity index (χ2v) is 8.61. The van der Waals surface area contributed by atoms with Gasteiger partial charge < -0.3 is 19.1 Å². The lowest BCUT2D eigenvalue weighted by atomic mass is 10.1. The summed E-state index contributed by atoms with van der Waals surface area (Å²) in [6.07, 6.45) is 0.944. The maximum absolute atomic E-state index is 13.3. The molecule has 4 rings (SSSR count). The Morgan fingerprint density at radius 1 is 0.935 bits per heavy atom. The van der Waals surface area contributed by atoms with Gasteiger partial charge in [-0.1, -0.05) is 24.3 Å². The number of benzene rings is 3. The summed E-state index contributed by atoms with van der Waals surface area (Å²) < 4.78 is 30.0. The van der Waals surface area contributed by atoms with Crippen molar-refractivity contribution >= 4 is 17.4 Å². The topological polar surface area (TPSA) is 30.9 Å². The molecule has 6 heteroatoms. The summed E-state index contributed by atoms with van der Waals surface area (Å²) in [5.41, 5.74) is 3.43. The number of anilines is 1. The van der Waals surface area contributed by atoms with Crippen LogP contribution in [0.1, 0.15) is 22.8 Å². The number of halogens is 1. The molecule has 31 heavy (non-hydrogen) atoms. The fourth-order valence-corrected chi connectivity index (χ4v) is 5.20. The number of ether oxygens (including phenoxy) is 3. The largest absolute Gasteiger partial charge is 0.493 e. The van der Waals surface area contributed by atoms with Crippen LogP contribution in [-0.2, 0) is 6.54 Å². The maximum atomic E-state index is 13.3. The van der Waals surface area contributed by atoms with E-state index in [1.165, 1.54) is 22.7 Å². The average molecular weight is 440 g/mol. The zero-order valence-corrected chi connectivity index (χ0v) is 18.7. The summed E-state index contributed by atoms with van der Waals surface area (Å²) in [5, 5.41) is 0.230. The van der Waals surface area contributed by atoms with Gasteiger partial charge in [-0.15, -0.1) is 11.8 Å². The summed E-state index contributed by atoms with van der Waals surface area (Å²) in [6, 6.07) is 19.3. The lowest BCUT2D eigenvalue weighted by Gasteiger charge is -2.24. The molecule has 0 spiro atoms. The summed E-state index contributed by atoms with van der Waals surface area (Å²) >= 11 is 1.85. The molecule has 0 radical (unpaired) electrons. The monoisotopic (exact) mass is 439 g/mol. The molecule has 0 aromatic heterocycles. The molecule has 0 aliphatic carbocycles. The molecule has 1 aliphatic rings. The molecule has 0 N–H and O–H groups in total. The highest BCUT2D eigenvalue weighted by Crippen LogP contribution is 2.48. The van der Waals surface area contributed by atoms with Crippen LogP contribution in [0.2, 0.25) is 0 Å². The Labute approximate surface area is 186 Å². The first-order chi connectivity index (χ1) is 15.1. The fourth-order valence-electron chi connectivity index (χ4n) is 3.92. The van der Waals surface area contributed by atoms with Crippen molar-refractivity contribution in [3.8, 4) is 17.2 Å². The molecule has 3 aromatic carbocycles. The third-order valence-corrected chi connectivity index (χ3v) is 6.87. The predicted molar refractivity (Wildman–Crippen MR) is 123 cm³/mol. The van der Waals surface area contributed by atoms with E-state index in [9.17, 15) is 4.39 Å². The minimum atomic E-state index is -0.210. The van der Waals surface area contributed by atoms with E-state index < -0.39 is 0 Å². The second-order valence-electron chi connectivity index (χ2n) is 7.37. The molecular weight excluding hydrogens is 413 g/mol. The SMILES string of the molecule is COc1cc(C2CCN(Cc3ccc(F)cc3)c3ccccc3S2)cc(OC)c1OC. The predicted octanol–water partition coefficient (Wildman–Crippen LogP) is 6.10. The minimum Gasteiger partial charge on any atom is -0.493 e. The molecule has 4 nitrogen and oxygen atoms in total. The first-order valence-corrected chi connectivity index (χ1v) is 11.1. The molecule has 1 heterocycles. The van der Waals surface area contributed by atoms with E-state index in [0.717, 1.165) is 30.6 Å². The summed E-state index contributed by atoms with van der Waals surface area (Å²) in [6.45, 7) is 1.61. The van der Waals surface area contributed by atoms with E-state index in [0.29, 0.717) is 17.2 Å². The molecule has 1 atom stereocenters. The van der Waals surface area contributed by atoms with Crippen LogP contribution in [0, 0.1) is 5.82 Å². The van der Waals surface area contributed by atoms with E-state index in [-0.39, 0.29) is 11.1 Å². The van der Waals surface area contributed by atoms with E-state index in [4.69, 9.17) is 14.2 Å². The molecular formula is C25H26FNO3S. The molecule has 1 unspecified atom stereocenters. The smallest absolute Gasteiger partial charge is 0.203 e. The van der Waals surface area contributed by atoms with Crippen LogP contribution in [0.15, 0.2) is 65.6 Å². The number of hydrogen-bond donors (Lipinski definition) is 0. The van der Waals surface area contributed by atoms with E-state index in [2.05, 4.69) is 29.2 Å². The number of nitrogens with zero attached hydrogens (tertiary/aromatic N) is 1. The Hall–Kier alpha value is -2.86. The number of rotatable bonds is 6. The third-order valence-electron chi connectivity index (χ3n) is 5.48. The molecule has 1 aliphatic heterocycles. The van der Waals surface area contributed by atoms with Crippen LogP contribution in [0.3, 0.4) is 0 Å². The minimum absolute atomic E-state index is 0.210. The molecule has 0 fully saturated rings. The zero-order valence-electron chi connectivity index (χ0n) is 17.9. The van der Waals surface area contributed by atoms with Crippen LogP contribution in [0.25, 0.3) is 0 Å². The summed E-state index contributed by atoms with van der Waals surface area (Å²) in [7, 11) is 4.89. The Kier molecular flexibility index (Phi) is 6.56. The zero-order chi connectivity index (χ0) is 21.8. The van der Waals surface area contributed by atoms with Gasteiger partial charge in [0.25, 0.3) is 0 Å². The Bertz CT molecular complexity index is 1020. The van der Waals surface area contributed by atoms with Gasteiger partial charge in [-0.25, -0.2) is 4.39 Å². The first-order valence-electron chi connectivity index (χ1n) is 10.2. The Morgan fingerprint density at radius 2 is 1.61 bits per heavy atom. The molecule has 0 amide bonds. The van der Waals surface area contributed by atoms with Crippen molar-refractivity contribution in [2.24, 2.45) is 0 Å². The van der Waals surface area contributed by atoms with Gasteiger partial charge in [0.05, 0.1) is 27.0 Å². The lowest BCUT2D eigenvalue weighted by Crippen LogP contribution is -2.23. The maximum Gasteiger partial charge on any atom is 0.203 e. The van der Waals surface area contributed by atoms with Crippen molar-refractivity contribution in [2.75, 3.05) is 32.8 Å². The van der Waals surface area contributed by atoms with Crippen molar-refractivity contribution in [1.82, 2.24) is 0 Å². The van der Waals surface area contributed by atoms with Crippen molar-refractivity contribution < 1.29 is 18.6 Å².